The lowest BCUT2D eigenvalue weighted by molar-refractivity contribution is 1.25. The summed E-state index contributed by atoms with van der Waals surface area (Å²) in [7, 11) is 0. The third kappa shape index (κ3) is 2.24. The van der Waals surface area contributed by atoms with Gasteiger partial charge < -0.3 is 0 Å². The summed E-state index contributed by atoms with van der Waals surface area (Å²) in [4.78, 5) is 1.38. The molecule has 0 amide bonds. The summed E-state index contributed by atoms with van der Waals surface area (Å²) < 4.78 is 0. The minimum absolute atomic E-state index is 0.948. The second-order valence-corrected chi connectivity index (χ2v) is 3.86. The van der Waals surface area contributed by atoms with E-state index in [9.17, 15) is 0 Å². The fourth-order valence-electron chi connectivity index (χ4n) is 0.962. The highest BCUT2D eigenvalue weighted by Crippen LogP contribution is 2.23. The van der Waals surface area contributed by atoms with E-state index in [0.717, 1.165) is 5.33 Å². The van der Waals surface area contributed by atoms with Crippen LogP contribution in [0.15, 0.2) is 23.1 Å². The van der Waals surface area contributed by atoms with Gasteiger partial charge in [-0.1, -0.05) is 28.1 Å². The first-order valence-electron chi connectivity index (χ1n) is 3.47. The van der Waals surface area contributed by atoms with E-state index in [2.05, 4.69) is 47.3 Å². The summed E-state index contributed by atoms with van der Waals surface area (Å²) in [5.74, 6) is 0. The molecule has 0 unspecified atom stereocenters. The maximum atomic E-state index is 3.46. The predicted octanol–water partition coefficient (Wildman–Crippen LogP) is 3.61. The molecule has 2 heteroatoms. The van der Waals surface area contributed by atoms with Crippen LogP contribution in [0.1, 0.15) is 11.1 Å². The summed E-state index contributed by atoms with van der Waals surface area (Å²) in [5, 5.41) is 0.948. The third-order valence-corrected chi connectivity index (χ3v) is 3.01. The van der Waals surface area contributed by atoms with Crippen molar-refractivity contribution >= 4 is 27.7 Å². The first-order valence-corrected chi connectivity index (χ1v) is 5.82. The normalized spacial score (nSPS) is 10.1. The van der Waals surface area contributed by atoms with Crippen molar-refractivity contribution in [3.63, 3.8) is 0 Å². The second kappa shape index (κ2) is 4.17. The van der Waals surface area contributed by atoms with Gasteiger partial charge in [0.2, 0.25) is 0 Å². The van der Waals surface area contributed by atoms with Crippen LogP contribution < -0.4 is 0 Å². The molecule has 0 atom stereocenters. The zero-order valence-corrected chi connectivity index (χ0v) is 9.13. The molecule has 0 N–H and O–H groups in total. The van der Waals surface area contributed by atoms with Crippen LogP contribution in [0.5, 0.6) is 0 Å². The van der Waals surface area contributed by atoms with E-state index in [1.165, 1.54) is 16.0 Å². The molecule has 0 aliphatic rings. The Hall–Kier alpha value is 0.0500. The van der Waals surface area contributed by atoms with Crippen molar-refractivity contribution in [1.82, 2.24) is 0 Å². The van der Waals surface area contributed by atoms with Crippen molar-refractivity contribution in [3.8, 4) is 0 Å². The molecule has 0 saturated carbocycles. The maximum Gasteiger partial charge on any atom is 0.0294 e. The van der Waals surface area contributed by atoms with E-state index in [-0.39, 0.29) is 0 Å². The van der Waals surface area contributed by atoms with E-state index in [1.807, 2.05) is 0 Å². The number of hydrogen-bond donors (Lipinski definition) is 0. The van der Waals surface area contributed by atoms with Crippen molar-refractivity contribution in [2.75, 3.05) is 6.26 Å². The molecule has 0 bridgehead atoms. The standard InChI is InChI=1S/C9H11BrS/c1-7-3-4-8(6-10)9(5-7)11-2/h3-5H,6H2,1-2H3. The van der Waals surface area contributed by atoms with Crippen LogP contribution in [0.2, 0.25) is 0 Å². The molecule has 1 rings (SSSR count). The average Bonchev–Trinajstić information content (AvgIpc) is 2.04. The van der Waals surface area contributed by atoms with E-state index in [0.29, 0.717) is 0 Å². The highest BCUT2D eigenvalue weighted by atomic mass is 79.9. The Morgan fingerprint density at radius 2 is 2.18 bits per heavy atom. The second-order valence-electron chi connectivity index (χ2n) is 2.45. The monoisotopic (exact) mass is 230 g/mol. The van der Waals surface area contributed by atoms with Gasteiger partial charge in [0.1, 0.15) is 0 Å². The number of benzene rings is 1. The molecule has 0 aromatic heterocycles. The van der Waals surface area contributed by atoms with Gasteiger partial charge in [-0.05, 0) is 30.4 Å². The molecular weight excluding hydrogens is 220 g/mol. The van der Waals surface area contributed by atoms with Crippen LogP contribution in [0.4, 0.5) is 0 Å². The Kier molecular flexibility index (Phi) is 3.46. The van der Waals surface area contributed by atoms with Crippen molar-refractivity contribution in [1.29, 1.82) is 0 Å². The van der Waals surface area contributed by atoms with Crippen molar-refractivity contribution in [3.05, 3.63) is 29.3 Å². The zero-order chi connectivity index (χ0) is 8.27. The fourth-order valence-corrected chi connectivity index (χ4v) is 2.34. The summed E-state index contributed by atoms with van der Waals surface area (Å²) in [6.45, 7) is 2.12. The lowest BCUT2D eigenvalue weighted by atomic mass is 10.2. The van der Waals surface area contributed by atoms with Crippen molar-refractivity contribution in [2.24, 2.45) is 0 Å². The number of alkyl halides is 1. The highest BCUT2D eigenvalue weighted by Gasteiger charge is 1.98. The molecule has 1 aromatic rings. The summed E-state index contributed by atoms with van der Waals surface area (Å²) in [5.41, 5.74) is 2.71. The fraction of sp³-hybridized carbons (Fsp3) is 0.333. The Bertz CT molecular complexity index is 245. The van der Waals surface area contributed by atoms with Gasteiger partial charge in [0.15, 0.2) is 0 Å². The molecule has 0 heterocycles. The minimum atomic E-state index is 0.948. The van der Waals surface area contributed by atoms with Crippen LogP contribution in [0.3, 0.4) is 0 Å². The molecule has 0 aliphatic heterocycles. The van der Waals surface area contributed by atoms with Crippen LogP contribution in [-0.2, 0) is 5.33 Å². The van der Waals surface area contributed by atoms with Crippen LogP contribution in [-0.4, -0.2) is 6.26 Å². The lowest BCUT2D eigenvalue weighted by Gasteiger charge is -2.04. The molecule has 60 valence electrons. The van der Waals surface area contributed by atoms with Gasteiger partial charge in [-0.15, -0.1) is 11.8 Å². The number of thioether (sulfide) groups is 1. The van der Waals surface area contributed by atoms with Crippen LogP contribution in [0.25, 0.3) is 0 Å². The molecule has 0 radical (unpaired) electrons. The Morgan fingerprint density at radius 1 is 1.45 bits per heavy atom. The largest absolute Gasteiger partial charge is 0.129 e. The molecule has 0 spiro atoms. The molecule has 0 aliphatic carbocycles. The quantitative estimate of drug-likeness (QED) is 0.553. The third-order valence-electron chi connectivity index (χ3n) is 1.59. The molecule has 0 nitrogen and oxygen atoms in total. The first kappa shape index (κ1) is 9.14. The number of rotatable bonds is 2. The zero-order valence-electron chi connectivity index (χ0n) is 6.73. The maximum absolute atomic E-state index is 3.46. The van der Waals surface area contributed by atoms with E-state index in [1.54, 1.807) is 11.8 Å². The number of aryl methyl sites for hydroxylation is 1. The van der Waals surface area contributed by atoms with Gasteiger partial charge >= 0.3 is 0 Å². The molecule has 1 aromatic carbocycles. The highest BCUT2D eigenvalue weighted by molar-refractivity contribution is 9.08. The number of hydrogen-bond acceptors (Lipinski definition) is 1. The first-order chi connectivity index (χ1) is 5.27. The Balaban J connectivity index is 3.06. The Morgan fingerprint density at radius 3 is 2.73 bits per heavy atom. The van der Waals surface area contributed by atoms with Gasteiger partial charge in [0.05, 0.1) is 0 Å². The minimum Gasteiger partial charge on any atom is -0.129 e. The van der Waals surface area contributed by atoms with E-state index >= 15 is 0 Å². The summed E-state index contributed by atoms with van der Waals surface area (Å²) in [6, 6.07) is 6.55. The van der Waals surface area contributed by atoms with Crippen LogP contribution >= 0.6 is 27.7 Å². The van der Waals surface area contributed by atoms with Gasteiger partial charge in [-0.2, -0.15) is 0 Å². The lowest BCUT2D eigenvalue weighted by Crippen LogP contribution is -1.83. The summed E-state index contributed by atoms with van der Waals surface area (Å²) in [6.07, 6.45) is 2.11. The van der Waals surface area contributed by atoms with Crippen molar-refractivity contribution in [2.45, 2.75) is 17.1 Å². The molecule has 0 saturated heterocycles. The molecule has 0 fully saturated rings. The van der Waals surface area contributed by atoms with E-state index in [4.69, 9.17) is 0 Å². The van der Waals surface area contributed by atoms with Gasteiger partial charge in [0, 0.05) is 10.2 Å². The van der Waals surface area contributed by atoms with Crippen molar-refractivity contribution < 1.29 is 0 Å². The predicted molar refractivity (Wildman–Crippen MR) is 55.6 cm³/mol. The van der Waals surface area contributed by atoms with Gasteiger partial charge in [0.25, 0.3) is 0 Å². The van der Waals surface area contributed by atoms with Gasteiger partial charge in [-0.25, -0.2) is 0 Å². The Labute approximate surface area is 80.5 Å². The SMILES string of the molecule is CSc1cc(C)ccc1CBr. The van der Waals surface area contributed by atoms with E-state index < -0.39 is 0 Å². The van der Waals surface area contributed by atoms with Crippen LogP contribution in [0, 0.1) is 6.92 Å². The summed E-state index contributed by atoms with van der Waals surface area (Å²) >= 11 is 5.26. The molecule has 11 heavy (non-hydrogen) atoms. The average molecular weight is 231 g/mol. The number of halogens is 1. The van der Waals surface area contributed by atoms with Gasteiger partial charge in [-0.3, -0.25) is 0 Å². The molecular formula is C9H11BrS. The smallest absolute Gasteiger partial charge is 0.0294 e. The topological polar surface area (TPSA) is 0 Å².